The molecule has 1 aromatic heterocycles. The topological polar surface area (TPSA) is 74.7 Å². The predicted molar refractivity (Wildman–Crippen MR) is 124 cm³/mol. The van der Waals surface area contributed by atoms with Gasteiger partial charge >= 0.3 is 0 Å². The molecule has 164 valence electrons. The Morgan fingerprint density at radius 3 is 2.48 bits per heavy atom. The standard InChI is InChI=1S/C22H22ClN3O4.ClH/c1-4-15-6-5-7-16(12-15)26-22-17-13-18(29-10-8-27-2)21(30-11-9-28-3)19(23)20(17)24-14-25-22;/h1,5-7,12-14H,8-11H2,2-3H3,(H,24,25,26);1H. The van der Waals surface area contributed by atoms with Crippen LogP contribution in [0.1, 0.15) is 5.56 Å². The summed E-state index contributed by atoms with van der Waals surface area (Å²) in [4.78, 5) is 8.70. The Labute approximate surface area is 192 Å². The molecule has 1 heterocycles. The number of hydrogen-bond acceptors (Lipinski definition) is 7. The highest BCUT2D eigenvalue weighted by molar-refractivity contribution is 6.37. The van der Waals surface area contributed by atoms with E-state index in [1.807, 2.05) is 24.3 Å². The number of nitrogens with one attached hydrogen (secondary N) is 1. The first kappa shape index (κ1) is 24.5. The van der Waals surface area contributed by atoms with Crippen LogP contribution in [0.15, 0.2) is 36.7 Å². The molecule has 0 saturated carbocycles. The van der Waals surface area contributed by atoms with Crippen LogP contribution >= 0.6 is 24.0 Å². The molecule has 2 aromatic carbocycles. The highest BCUT2D eigenvalue weighted by Crippen LogP contribution is 2.42. The van der Waals surface area contributed by atoms with Crippen LogP contribution in [-0.2, 0) is 9.47 Å². The molecular weight excluding hydrogens is 441 g/mol. The minimum Gasteiger partial charge on any atom is -0.487 e. The van der Waals surface area contributed by atoms with Gasteiger partial charge in [-0.05, 0) is 24.3 Å². The lowest BCUT2D eigenvalue weighted by Gasteiger charge is -2.17. The van der Waals surface area contributed by atoms with E-state index in [0.717, 1.165) is 11.3 Å². The summed E-state index contributed by atoms with van der Waals surface area (Å²) >= 11 is 6.64. The van der Waals surface area contributed by atoms with E-state index in [2.05, 4.69) is 21.2 Å². The molecule has 0 spiro atoms. The molecule has 7 nitrogen and oxygen atoms in total. The zero-order chi connectivity index (χ0) is 21.3. The number of terminal acetylenes is 1. The zero-order valence-corrected chi connectivity index (χ0v) is 18.8. The van der Waals surface area contributed by atoms with E-state index in [1.54, 1.807) is 20.3 Å². The summed E-state index contributed by atoms with van der Waals surface area (Å²) in [5.74, 6) is 4.05. The van der Waals surface area contributed by atoms with Gasteiger partial charge in [-0.3, -0.25) is 0 Å². The smallest absolute Gasteiger partial charge is 0.182 e. The van der Waals surface area contributed by atoms with E-state index in [4.69, 9.17) is 37.0 Å². The molecule has 31 heavy (non-hydrogen) atoms. The lowest BCUT2D eigenvalue weighted by atomic mass is 10.2. The SMILES string of the molecule is C#Cc1cccc(Nc2ncnc3c(Cl)c(OCCOC)c(OCCOC)cc23)c1.Cl. The van der Waals surface area contributed by atoms with Crippen molar-refractivity contribution in [1.29, 1.82) is 0 Å². The molecule has 0 amide bonds. The third-order valence-electron chi connectivity index (χ3n) is 4.16. The second-order valence-electron chi connectivity index (χ2n) is 6.17. The summed E-state index contributed by atoms with van der Waals surface area (Å²) in [6.45, 7) is 1.48. The second-order valence-corrected chi connectivity index (χ2v) is 6.55. The molecule has 9 heteroatoms. The average molecular weight is 464 g/mol. The van der Waals surface area contributed by atoms with Crippen molar-refractivity contribution in [3.05, 3.63) is 47.2 Å². The van der Waals surface area contributed by atoms with Crippen molar-refractivity contribution in [1.82, 2.24) is 9.97 Å². The van der Waals surface area contributed by atoms with Gasteiger partial charge in [-0.2, -0.15) is 0 Å². The highest BCUT2D eigenvalue weighted by Gasteiger charge is 2.19. The fraction of sp³-hybridized carbons (Fsp3) is 0.273. The Bertz CT molecular complexity index is 1060. The summed E-state index contributed by atoms with van der Waals surface area (Å²) in [5.41, 5.74) is 2.09. The van der Waals surface area contributed by atoms with Gasteiger partial charge in [0.15, 0.2) is 11.5 Å². The molecule has 1 N–H and O–H groups in total. The maximum absolute atomic E-state index is 6.64. The van der Waals surface area contributed by atoms with Gasteiger partial charge in [-0.25, -0.2) is 9.97 Å². The van der Waals surface area contributed by atoms with E-state index >= 15 is 0 Å². The van der Waals surface area contributed by atoms with Gasteiger partial charge in [-0.15, -0.1) is 18.8 Å². The molecule has 3 aromatic rings. The van der Waals surface area contributed by atoms with Crippen molar-refractivity contribution in [3.8, 4) is 23.8 Å². The first-order valence-corrected chi connectivity index (χ1v) is 9.60. The molecule has 0 unspecified atom stereocenters. The number of methoxy groups -OCH3 is 2. The molecule has 0 aliphatic rings. The van der Waals surface area contributed by atoms with Gasteiger partial charge in [0.25, 0.3) is 0 Å². The van der Waals surface area contributed by atoms with Crippen LogP contribution < -0.4 is 14.8 Å². The average Bonchev–Trinajstić information content (AvgIpc) is 2.76. The molecule has 0 bridgehead atoms. The van der Waals surface area contributed by atoms with Gasteiger partial charge in [0.2, 0.25) is 0 Å². The predicted octanol–water partition coefficient (Wildman–Crippen LogP) is 4.48. The number of benzene rings is 2. The van der Waals surface area contributed by atoms with Crippen LogP contribution in [0.5, 0.6) is 11.5 Å². The zero-order valence-electron chi connectivity index (χ0n) is 17.2. The Kier molecular flexibility index (Phi) is 9.63. The third kappa shape index (κ3) is 6.12. The van der Waals surface area contributed by atoms with Crippen molar-refractivity contribution in [2.75, 3.05) is 46.0 Å². The van der Waals surface area contributed by atoms with Crippen LogP contribution in [0.4, 0.5) is 11.5 Å². The van der Waals surface area contributed by atoms with Crippen LogP contribution in [0, 0.1) is 12.3 Å². The van der Waals surface area contributed by atoms with Gasteiger partial charge in [-0.1, -0.05) is 23.6 Å². The van der Waals surface area contributed by atoms with Gasteiger partial charge in [0.1, 0.15) is 30.4 Å². The van der Waals surface area contributed by atoms with Crippen LogP contribution in [-0.4, -0.2) is 50.6 Å². The minimum absolute atomic E-state index is 0. The van der Waals surface area contributed by atoms with Crippen LogP contribution in [0.25, 0.3) is 10.9 Å². The fourth-order valence-corrected chi connectivity index (χ4v) is 3.04. The van der Waals surface area contributed by atoms with Crippen LogP contribution in [0.3, 0.4) is 0 Å². The summed E-state index contributed by atoms with van der Waals surface area (Å²) < 4.78 is 21.8. The number of rotatable bonds is 10. The molecule has 0 aliphatic heterocycles. The number of halogens is 2. The fourth-order valence-electron chi connectivity index (χ4n) is 2.75. The maximum atomic E-state index is 6.64. The van der Waals surface area contributed by atoms with E-state index in [9.17, 15) is 0 Å². The second kappa shape index (κ2) is 12.2. The number of aromatic nitrogens is 2. The van der Waals surface area contributed by atoms with Gasteiger partial charge in [0, 0.05) is 30.9 Å². The van der Waals surface area contributed by atoms with Crippen molar-refractivity contribution in [3.63, 3.8) is 0 Å². The van der Waals surface area contributed by atoms with Crippen molar-refractivity contribution in [2.24, 2.45) is 0 Å². The summed E-state index contributed by atoms with van der Waals surface area (Å²) in [6.07, 6.45) is 6.93. The van der Waals surface area contributed by atoms with Crippen molar-refractivity contribution in [2.45, 2.75) is 0 Å². The normalized spacial score (nSPS) is 10.3. The quantitative estimate of drug-likeness (QED) is 0.350. The minimum atomic E-state index is 0. The maximum Gasteiger partial charge on any atom is 0.182 e. The highest BCUT2D eigenvalue weighted by atomic mass is 35.5. The Morgan fingerprint density at radius 1 is 1.03 bits per heavy atom. The van der Waals surface area contributed by atoms with Crippen molar-refractivity contribution >= 4 is 46.4 Å². The van der Waals surface area contributed by atoms with E-state index in [0.29, 0.717) is 59.7 Å². The monoisotopic (exact) mass is 463 g/mol. The molecule has 0 aliphatic carbocycles. The Hall–Kier alpha value is -2.76. The van der Waals surface area contributed by atoms with E-state index in [-0.39, 0.29) is 12.4 Å². The first-order chi connectivity index (χ1) is 14.7. The van der Waals surface area contributed by atoms with Crippen molar-refractivity contribution < 1.29 is 18.9 Å². The lowest BCUT2D eigenvalue weighted by molar-refractivity contribution is 0.132. The Balaban J connectivity index is 0.00000341. The molecular formula is C22H23Cl2N3O4. The van der Waals surface area contributed by atoms with E-state index < -0.39 is 0 Å². The Morgan fingerprint density at radius 2 is 1.77 bits per heavy atom. The largest absolute Gasteiger partial charge is 0.487 e. The number of ether oxygens (including phenoxy) is 4. The van der Waals surface area contributed by atoms with Gasteiger partial charge < -0.3 is 24.3 Å². The number of anilines is 2. The summed E-state index contributed by atoms with van der Waals surface area (Å²) in [5, 5.41) is 4.28. The number of nitrogens with zero attached hydrogens (tertiary/aromatic N) is 2. The molecule has 0 radical (unpaired) electrons. The number of fused-ring (bicyclic) bond motifs is 1. The number of hydrogen-bond donors (Lipinski definition) is 1. The summed E-state index contributed by atoms with van der Waals surface area (Å²) in [7, 11) is 3.20. The lowest BCUT2D eigenvalue weighted by Crippen LogP contribution is -2.09. The van der Waals surface area contributed by atoms with Gasteiger partial charge in [0.05, 0.1) is 18.7 Å². The first-order valence-electron chi connectivity index (χ1n) is 9.22. The third-order valence-corrected chi connectivity index (χ3v) is 4.51. The molecule has 0 saturated heterocycles. The molecule has 0 fully saturated rings. The molecule has 0 atom stereocenters. The van der Waals surface area contributed by atoms with E-state index in [1.165, 1.54) is 6.33 Å². The summed E-state index contributed by atoms with van der Waals surface area (Å²) in [6, 6.07) is 9.27. The molecule has 3 rings (SSSR count). The van der Waals surface area contributed by atoms with Crippen LogP contribution in [0.2, 0.25) is 5.02 Å².